The van der Waals surface area contributed by atoms with Crippen LogP contribution < -0.4 is 9.47 Å². The molecule has 0 amide bonds. The van der Waals surface area contributed by atoms with E-state index >= 15 is 0 Å². The van der Waals surface area contributed by atoms with E-state index in [4.69, 9.17) is 14.6 Å². The summed E-state index contributed by atoms with van der Waals surface area (Å²) in [7, 11) is 1.57. The van der Waals surface area contributed by atoms with Crippen molar-refractivity contribution in [2.24, 2.45) is 0 Å². The van der Waals surface area contributed by atoms with Crippen LogP contribution in [0.3, 0.4) is 0 Å². The monoisotopic (exact) mass is 342 g/mol. The van der Waals surface area contributed by atoms with Crippen molar-refractivity contribution in [3.05, 3.63) is 44.6 Å². The molecule has 2 aromatic rings. The van der Waals surface area contributed by atoms with Crippen LogP contribution in [-0.4, -0.2) is 18.2 Å². The third kappa shape index (κ3) is 3.27. The molecule has 0 bridgehead atoms. The first kappa shape index (κ1) is 13.9. The molecule has 0 spiro atoms. The molecule has 1 N–H and O–H groups in total. The smallest absolute Gasteiger partial charge is 0.345 e. The van der Waals surface area contributed by atoms with Gasteiger partial charge in [-0.3, -0.25) is 0 Å². The largest absolute Gasteiger partial charge is 0.493 e. The van der Waals surface area contributed by atoms with Crippen molar-refractivity contribution in [1.29, 1.82) is 0 Å². The van der Waals surface area contributed by atoms with Gasteiger partial charge in [0.1, 0.15) is 11.5 Å². The zero-order valence-electron chi connectivity index (χ0n) is 10.1. The maximum atomic E-state index is 10.8. The van der Waals surface area contributed by atoms with E-state index in [0.29, 0.717) is 23.0 Å². The molecule has 6 heteroatoms. The second kappa shape index (κ2) is 6.08. The van der Waals surface area contributed by atoms with Crippen LogP contribution in [0.4, 0.5) is 0 Å². The molecule has 0 unspecified atom stereocenters. The highest BCUT2D eigenvalue weighted by atomic mass is 79.9. The van der Waals surface area contributed by atoms with Crippen molar-refractivity contribution in [3.8, 4) is 11.5 Å². The number of ether oxygens (including phenoxy) is 2. The number of aromatic carboxylic acids is 1. The fourth-order valence-electron chi connectivity index (χ4n) is 1.50. The zero-order chi connectivity index (χ0) is 13.8. The minimum absolute atomic E-state index is 0.302. The molecule has 0 atom stereocenters. The Morgan fingerprint density at radius 3 is 2.79 bits per heavy atom. The lowest BCUT2D eigenvalue weighted by molar-refractivity contribution is 0.0702. The van der Waals surface area contributed by atoms with Crippen LogP contribution in [0.15, 0.2) is 34.8 Å². The van der Waals surface area contributed by atoms with Gasteiger partial charge in [-0.1, -0.05) is 6.07 Å². The highest BCUT2D eigenvalue weighted by molar-refractivity contribution is 9.10. The van der Waals surface area contributed by atoms with Crippen LogP contribution in [-0.2, 0) is 6.61 Å². The fourth-order valence-corrected chi connectivity index (χ4v) is 2.73. The molecule has 4 nitrogen and oxygen atoms in total. The summed E-state index contributed by atoms with van der Waals surface area (Å²) in [5.74, 6) is 0.314. The number of rotatable bonds is 5. The maximum absolute atomic E-state index is 10.8. The molecule has 0 aliphatic carbocycles. The third-order valence-corrected chi connectivity index (χ3v) is 4.05. The van der Waals surface area contributed by atoms with Gasteiger partial charge in [0.05, 0.1) is 11.6 Å². The van der Waals surface area contributed by atoms with E-state index in [9.17, 15) is 4.79 Å². The molecular formula is C13H11BrO4S. The van der Waals surface area contributed by atoms with E-state index < -0.39 is 5.97 Å². The summed E-state index contributed by atoms with van der Waals surface area (Å²) in [4.78, 5) is 11.9. The molecule has 1 aromatic carbocycles. The Morgan fingerprint density at radius 1 is 1.37 bits per heavy atom. The van der Waals surface area contributed by atoms with E-state index in [0.717, 1.165) is 9.35 Å². The second-order valence-electron chi connectivity index (χ2n) is 3.63. The lowest BCUT2D eigenvalue weighted by Crippen LogP contribution is -1.96. The lowest BCUT2D eigenvalue weighted by atomic mass is 10.3. The molecule has 0 radical (unpaired) electrons. The number of para-hydroxylation sites is 1. The normalized spacial score (nSPS) is 10.2. The summed E-state index contributed by atoms with van der Waals surface area (Å²) in [5, 5.41) is 8.85. The summed E-state index contributed by atoms with van der Waals surface area (Å²) in [6.45, 7) is 0.302. The highest BCUT2D eigenvalue weighted by Crippen LogP contribution is 2.35. The van der Waals surface area contributed by atoms with Gasteiger partial charge >= 0.3 is 5.97 Å². The highest BCUT2D eigenvalue weighted by Gasteiger charge is 2.11. The Labute approximate surface area is 122 Å². The molecular weight excluding hydrogens is 332 g/mol. The number of carboxylic acid groups (broad SMARTS) is 1. The number of benzene rings is 1. The summed E-state index contributed by atoms with van der Waals surface area (Å²) < 4.78 is 11.7. The van der Waals surface area contributed by atoms with Crippen molar-refractivity contribution < 1.29 is 19.4 Å². The van der Waals surface area contributed by atoms with Gasteiger partial charge in [0.2, 0.25) is 0 Å². The molecule has 0 saturated carbocycles. The van der Waals surface area contributed by atoms with Gasteiger partial charge in [-0.25, -0.2) is 4.79 Å². The number of hydrogen-bond donors (Lipinski definition) is 1. The number of hydrogen-bond acceptors (Lipinski definition) is 4. The topological polar surface area (TPSA) is 55.8 Å². The number of halogens is 1. The van der Waals surface area contributed by atoms with E-state index in [2.05, 4.69) is 15.9 Å². The number of carbonyl (C=O) groups is 1. The summed E-state index contributed by atoms with van der Waals surface area (Å²) in [5.41, 5.74) is 0. The standard InChI is InChI=1S/C13H11BrO4S/c1-17-10-4-2-3-9(14)12(10)18-7-8-5-6-11(19-8)13(15)16/h2-6H,7H2,1H3,(H,15,16). The minimum atomic E-state index is -0.922. The molecule has 2 rings (SSSR count). The van der Waals surface area contributed by atoms with Gasteiger partial charge in [0.15, 0.2) is 11.5 Å². The van der Waals surface area contributed by atoms with Crippen molar-refractivity contribution in [3.63, 3.8) is 0 Å². The predicted molar refractivity (Wildman–Crippen MR) is 76.3 cm³/mol. The lowest BCUT2D eigenvalue weighted by Gasteiger charge is -2.11. The summed E-state index contributed by atoms with van der Waals surface area (Å²) >= 11 is 4.59. The summed E-state index contributed by atoms with van der Waals surface area (Å²) in [6, 6.07) is 8.83. The Morgan fingerprint density at radius 2 is 2.16 bits per heavy atom. The first-order valence-corrected chi connectivity index (χ1v) is 7.00. The predicted octanol–water partition coefficient (Wildman–Crippen LogP) is 3.80. The quantitative estimate of drug-likeness (QED) is 0.897. The SMILES string of the molecule is COc1cccc(Br)c1OCc1ccc(C(=O)O)s1. The maximum Gasteiger partial charge on any atom is 0.345 e. The molecule has 1 aromatic heterocycles. The number of thiophene rings is 1. The van der Waals surface area contributed by atoms with Gasteiger partial charge < -0.3 is 14.6 Å². The van der Waals surface area contributed by atoms with Gasteiger partial charge in [-0.05, 0) is 40.2 Å². The Bertz CT molecular complexity index is 594. The molecule has 0 saturated heterocycles. The van der Waals surface area contributed by atoms with E-state index in [1.807, 2.05) is 12.1 Å². The molecule has 0 aliphatic heterocycles. The third-order valence-electron chi connectivity index (χ3n) is 2.38. The summed E-state index contributed by atoms with van der Waals surface area (Å²) in [6.07, 6.45) is 0. The minimum Gasteiger partial charge on any atom is -0.493 e. The van der Waals surface area contributed by atoms with Crippen LogP contribution in [0.5, 0.6) is 11.5 Å². The van der Waals surface area contributed by atoms with E-state index in [1.165, 1.54) is 11.3 Å². The van der Waals surface area contributed by atoms with Crippen molar-refractivity contribution in [2.75, 3.05) is 7.11 Å². The Balaban J connectivity index is 2.12. The van der Waals surface area contributed by atoms with Crippen molar-refractivity contribution >= 4 is 33.2 Å². The second-order valence-corrected chi connectivity index (χ2v) is 5.65. The van der Waals surface area contributed by atoms with Gasteiger partial charge in [-0.15, -0.1) is 11.3 Å². The Kier molecular flexibility index (Phi) is 4.44. The Hall–Kier alpha value is -1.53. The van der Waals surface area contributed by atoms with Gasteiger partial charge in [-0.2, -0.15) is 0 Å². The molecule has 19 heavy (non-hydrogen) atoms. The van der Waals surface area contributed by atoms with Crippen LogP contribution in [0.25, 0.3) is 0 Å². The number of methoxy groups -OCH3 is 1. The zero-order valence-corrected chi connectivity index (χ0v) is 12.5. The van der Waals surface area contributed by atoms with Crippen molar-refractivity contribution in [1.82, 2.24) is 0 Å². The molecule has 100 valence electrons. The molecule has 0 fully saturated rings. The average Bonchev–Trinajstić information content (AvgIpc) is 2.86. The molecule has 1 heterocycles. The number of carboxylic acids is 1. The van der Waals surface area contributed by atoms with Gasteiger partial charge in [0.25, 0.3) is 0 Å². The first-order valence-electron chi connectivity index (χ1n) is 5.39. The van der Waals surface area contributed by atoms with E-state index in [-0.39, 0.29) is 0 Å². The van der Waals surface area contributed by atoms with Gasteiger partial charge in [0, 0.05) is 4.88 Å². The average molecular weight is 343 g/mol. The first-order chi connectivity index (χ1) is 9.11. The van der Waals surface area contributed by atoms with Crippen LogP contribution in [0, 0.1) is 0 Å². The van der Waals surface area contributed by atoms with Crippen LogP contribution in [0.2, 0.25) is 0 Å². The molecule has 0 aliphatic rings. The van der Waals surface area contributed by atoms with E-state index in [1.54, 1.807) is 25.3 Å². The fraction of sp³-hybridized carbons (Fsp3) is 0.154. The van der Waals surface area contributed by atoms with Crippen LogP contribution >= 0.6 is 27.3 Å². The van der Waals surface area contributed by atoms with Crippen LogP contribution in [0.1, 0.15) is 14.5 Å². The van der Waals surface area contributed by atoms with Crippen molar-refractivity contribution in [2.45, 2.75) is 6.61 Å².